The molecule has 0 amide bonds. The van der Waals surface area contributed by atoms with E-state index in [4.69, 9.17) is 5.73 Å². The highest BCUT2D eigenvalue weighted by molar-refractivity contribution is 5.67. The monoisotopic (exact) mass is 253 g/mol. The zero-order chi connectivity index (χ0) is 13.6. The van der Waals surface area contributed by atoms with Gasteiger partial charge in [-0.3, -0.25) is 4.40 Å². The highest BCUT2D eigenvalue weighted by Crippen LogP contribution is 2.25. The first-order valence-corrected chi connectivity index (χ1v) is 6.12. The summed E-state index contributed by atoms with van der Waals surface area (Å²) in [5, 5.41) is 8.51. The predicted molar refractivity (Wildman–Crippen MR) is 74.8 cm³/mol. The van der Waals surface area contributed by atoms with Crippen LogP contribution in [-0.4, -0.2) is 19.6 Å². The Balaban J connectivity index is 2.34. The Morgan fingerprint density at radius 3 is 2.63 bits per heavy atom. The van der Waals surface area contributed by atoms with Gasteiger partial charge in [-0.15, -0.1) is 10.2 Å². The summed E-state index contributed by atoms with van der Waals surface area (Å²) in [7, 11) is 0. The van der Waals surface area contributed by atoms with Gasteiger partial charge in [0.05, 0.1) is 0 Å². The fourth-order valence-electron chi connectivity index (χ4n) is 2.29. The fraction of sp³-hybridized carbons (Fsp3) is 0.214. The van der Waals surface area contributed by atoms with Gasteiger partial charge in [0.2, 0.25) is 0 Å². The zero-order valence-electron chi connectivity index (χ0n) is 11.2. The number of fused-ring (bicyclic) bond motifs is 1. The van der Waals surface area contributed by atoms with Gasteiger partial charge in [0.25, 0.3) is 0 Å². The molecule has 1 aromatic carbocycles. The van der Waals surface area contributed by atoms with Crippen LogP contribution in [0.3, 0.4) is 0 Å². The average molecular weight is 253 g/mol. The van der Waals surface area contributed by atoms with Gasteiger partial charge in [-0.1, -0.05) is 6.07 Å². The average Bonchev–Trinajstić information content (AvgIpc) is 2.76. The molecule has 0 atom stereocenters. The first-order valence-electron chi connectivity index (χ1n) is 6.12. The van der Waals surface area contributed by atoms with Crippen LogP contribution in [0.5, 0.6) is 0 Å². The molecular formula is C14H15N5. The van der Waals surface area contributed by atoms with Crippen molar-refractivity contribution < 1.29 is 0 Å². The van der Waals surface area contributed by atoms with Crippen LogP contribution >= 0.6 is 0 Å². The summed E-state index contributed by atoms with van der Waals surface area (Å²) in [5.74, 6) is 1.65. The second-order valence-corrected chi connectivity index (χ2v) is 4.74. The Kier molecular flexibility index (Phi) is 2.48. The molecule has 19 heavy (non-hydrogen) atoms. The van der Waals surface area contributed by atoms with Crippen molar-refractivity contribution >= 4 is 11.3 Å². The van der Waals surface area contributed by atoms with Gasteiger partial charge < -0.3 is 5.73 Å². The molecule has 5 nitrogen and oxygen atoms in total. The molecule has 0 bridgehead atoms. The number of hydrogen-bond donors (Lipinski definition) is 1. The zero-order valence-corrected chi connectivity index (χ0v) is 11.2. The lowest BCUT2D eigenvalue weighted by molar-refractivity contribution is 0.961. The van der Waals surface area contributed by atoms with Gasteiger partial charge in [0, 0.05) is 23.0 Å². The van der Waals surface area contributed by atoms with Crippen molar-refractivity contribution in [2.75, 3.05) is 5.73 Å². The summed E-state index contributed by atoms with van der Waals surface area (Å²) >= 11 is 0. The second kappa shape index (κ2) is 4.05. The lowest BCUT2D eigenvalue weighted by Gasteiger charge is -2.07. The molecular weight excluding hydrogens is 238 g/mol. The number of benzene rings is 1. The third-order valence-electron chi connectivity index (χ3n) is 3.19. The quantitative estimate of drug-likeness (QED) is 0.676. The van der Waals surface area contributed by atoms with Crippen molar-refractivity contribution in [2.45, 2.75) is 20.8 Å². The van der Waals surface area contributed by atoms with Crippen molar-refractivity contribution in [3.63, 3.8) is 0 Å². The summed E-state index contributed by atoms with van der Waals surface area (Å²) < 4.78 is 1.95. The molecule has 0 radical (unpaired) electrons. The van der Waals surface area contributed by atoms with Crippen molar-refractivity contribution in [2.24, 2.45) is 0 Å². The summed E-state index contributed by atoms with van der Waals surface area (Å²) in [5.41, 5.74) is 10.4. The number of nitrogens with two attached hydrogens (primary N) is 1. The molecule has 96 valence electrons. The SMILES string of the molecule is Cc1cc2nnc(-c3cc(N)ccc3C)n2c(C)n1. The van der Waals surface area contributed by atoms with Crippen LogP contribution in [0, 0.1) is 20.8 Å². The molecule has 0 aliphatic heterocycles. The van der Waals surface area contributed by atoms with E-state index in [1.165, 1.54) is 0 Å². The van der Waals surface area contributed by atoms with Crippen LogP contribution in [0.2, 0.25) is 0 Å². The van der Waals surface area contributed by atoms with Gasteiger partial charge in [0.1, 0.15) is 5.82 Å². The molecule has 2 aromatic heterocycles. The van der Waals surface area contributed by atoms with Crippen LogP contribution in [0.25, 0.3) is 17.0 Å². The Morgan fingerprint density at radius 2 is 1.84 bits per heavy atom. The van der Waals surface area contributed by atoms with E-state index < -0.39 is 0 Å². The summed E-state index contributed by atoms with van der Waals surface area (Å²) in [4.78, 5) is 4.46. The van der Waals surface area contributed by atoms with Crippen molar-refractivity contribution in [3.8, 4) is 11.4 Å². The Hall–Kier alpha value is -2.43. The van der Waals surface area contributed by atoms with E-state index in [0.29, 0.717) is 0 Å². The first kappa shape index (κ1) is 11.6. The van der Waals surface area contributed by atoms with E-state index in [-0.39, 0.29) is 0 Å². The van der Waals surface area contributed by atoms with E-state index in [0.717, 1.165) is 39.8 Å². The standard InChI is InChI=1S/C14H15N5/c1-8-4-5-11(15)7-12(8)14-18-17-13-6-9(2)16-10(3)19(13)14/h4-7H,15H2,1-3H3. The Morgan fingerprint density at radius 1 is 1.05 bits per heavy atom. The molecule has 0 fully saturated rings. The highest BCUT2D eigenvalue weighted by atomic mass is 15.3. The minimum Gasteiger partial charge on any atom is -0.399 e. The number of aromatic nitrogens is 4. The topological polar surface area (TPSA) is 69.1 Å². The Bertz CT molecular complexity index is 773. The van der Waals surface area contributed by atoms with Crippen LogP contribution in [0.4, 0.5) is 5.69 Å². The van der Waals surface area contributed by atoms with E-state index in [1.807, 2.05) is 49.4 Å². The lowest BCUT2D eigenvalue weighted by Crippen LogP contribution is -2.00. The lowest BCUT2D eigenvalue weighted by atomic mass is 10.1. The number of anilines is 1. The van der Waals surface area contributed by atoms with Gasteiger partial charge in [0.15, 0.2) is 11.5 Å². The number of hydrogen-bond acceptors (Lipinski definition) is 4. The van der Waals surface area contributed by atoms with Crippen LogP contribution < -0.4 is 5.73 Å². The molecule has 3 rings (SSSR count). The molecule has 2 heterocycles. The summed E-state index contributed by atoms with van der Waals surface area (Å²) in [6, 6.07) is 7.72. The molecule has 0 saturated heterocycles. The predicted octanol–water partition coefficient (Wildman–Crippen LogP) is 2.30. The Labute approximate surface area is 111 Å². The fourth-order valence-corrected chi connectivity index (χ4v) is 2.29. The van der Waals surface area contributed by atoms with Gasteiger partial charge >= 0.3 is 0 Å². The molecule has 5 heteroatoms. The molecule has 0 spiro atoms. The van der Waals surface area contributed by atoms with Crippen molar-refractivity contribution in [1.29, 1.82) is 0 Å². The molecule has 0 aliphatic carbocycles. The summed E-state index contributed by atoms with van der Waals surface area (Å²) in [6.45, 7) is 5.94. The minimum atomic E-state index is 0.718. The molecule has 0 unspecified atom stereocenters. The van der Waals surface area contributed by atoms with E-state index in [1.54, 1.807) is 0 Å². The number of rotatable bonds is 1. The van der Waals surface area contributed by atoms with Crippen molar-refractivity contribution in [1.82, 2.24) is 19.6 Å². The molecule has 0 saturated carbocycles. The minimum absolute atomic E-state index is 0.718. The van der Waals surface area contributed by atoms with E-state index in [2.05, 4.69) is 15.2 Å². The molecule has 3 aromatic rings. The third-order valence-corrected chi connectivity index (χ3v) is 3.19. The van der Waals surface area contributed by atoms with Gasteiger partial charge in [-0.05, 0) is 38.5 Å². The van der Waals surface area contributed by atoms with Crippen molar-refractivity contribution in [3.05, 3.63) is 41.3 Å². The molecule has 0 aliphatic rings. The maximum absolute atomic E-state index is 5.87. The maximum atomic E-state index is 5.87. The van der Waals surface area contributed by atoms with E-state index in [9.17, 15) is 0 Å². The normalized spacial score (nSPS) is 11.1. The van der Waals surface area contributed by atoms with Crippen LogP contribution in [0.15, 0.2) is 24.3 Å². The van der Waals surface area contributed by atoms with Gasteiger partial charge in [-0.25, -0.2) is 4.98 Å². The number of nitrogen functional groups attached to an aromatic ring is 1. The number of nitrogens with zero attached hydrogens (tertiary/aromatic N) is 4. The smallest absolute Gasteiger partial charge is 0.170 e. The van der Waals surface area contributed by atoms with E-state index >= 15 is 0 Å². The summed E-state index contributed by atoms with van der Waals surface area (Å²) in [6.07, 6.45) is 0. The largest absolute Gasteiger partial charge is 0.399 e. The van der Waals surface area contributed by atoms with Crippen LogP contribution in [0.1, 0.15) is 17.1 Å². The van der Waals surface area contributed by atoms with Crippen LogP contribution in [-0.2, 0) is 0 Å². The second-order valence-electron chi connectivity index (χ2n) is 4.74. The maximum Gasteiger partial charge on any atom is 0.170 e. The molecule has 2 N–H and O–H groups in total. The third kappa shape index (κ3) is 1.83. The number of aryl methyl sites for hydroxylation is 3. The van der Waals surface area contributed by atoms with Gasteiger partial charge in [-0.2, -0.15) is 0 Å². The highest BCUT2D eigenvalue weighted by Gasteiger charge is 2.13. The first-order chi connectivity index (χ1) is 9.06.